The molecular weight excluding hydrogens is 449 g/mol. The highest BCUT2D eigenvalue weighted by Gasteiger charge is 2.55. The maximum Gasteiger partial charge on any atom is 0.328 e. The van der Waals surface area contributed by atoms with Crippen molar-refractivity contribution >= 4 is 35.5 Å². The number of nitrogen functional groups attached to an aromatic ring is 1. The molecule has 174 valence electrons. The van der Waals surface area contributed by atoms with Gasteiger partial charge in [0, 0.05) is 6.42 Å². The Morgan fingerprint density at radius 2 is 2.22 bits per heavy atom. The number of anilines is 1. The summed E-state index contributed by atoms with van der Waals surface area (Å²) in [5, 5.41) is 0. The van der Waals surface area contributed by atoms with Crippen LogP contribution in [0, 0.1) is 5.92 Å². The van der Waals surface area contributed by atoms with E-state index in [0.717, 1.165) is 25.7 Å². The average Bonchev–Trinajstić information content (AvgIpc) is 3.40. The molecule has 9 nitrogen and oxygen atoms in total. The predicted octanol–water partition coefficient (Wildman–Crippen LogP) is 4.27. The van der Waals surface area contributed by atoms with E-state index in [2.05, 4.69) is 42.3 Å². The number of allylic oxidation sites excluding steroid dienone is 1. The summed E-state index contributed by atoms with van der Waals surface area (Å²) in [6.45, 7) is 7.47. The highest BCUT2D eigenvalue weighted by atomic mass is 32.5. The molecule has 2 aromatic heterocycles. The lowest BCUT2D eigenvalue weighted by Crippen LogP contribution is -2.42. The first kappa shape index (κ1) is 22.4. The number of hydrogen-bond donors (Lipinski definition) is 1. The van der Waals surface area contributed by atoms with E-state index in [-0.39, 0.29) is 24.5 Å². The molecule has 0 spiro atoms. The highest BCUT2D eigenvalue weighted by Crippen LogP contribution is 2.66. The number of rotatable bonds is 5. The lowest BCUT2D eigenvalue weighted by molar-refractivity contribution is -0.0171. The Balaban J connectivity index is 1.33. The largest absolute Gasteiger partial charge is 0.382 e. The van der Waals surface area contributed by atoms with Crippen LogP contribution in [0.1, 0.15) is 59.1 Å². The molecule has 2 aromatic rings. The Morgan fingerprint density at radius 3 is 2.97 bits per heavy atom. The summed E-state index contributed by atoms with van der Waals surface area (Å²) in [6, 6.07) is 0. The van der Waals surface area contributed by atoms with Crippen molar-refractivity contribution in [2.75, 3.05) is 5.73 Å². The third-order valence-electron chi connectivity index (χ3n) is 6.99. The third kappa shape index (κ3) is 3.81. The Morgan fingerprint density at radius 1 is 1.41 bits per heavy atom. The van der Waals surface area contributed by atoms with Crippen LogP contribution in [-0.2, 0) is 30.1 Å². The third-order valence-corrected chi connectivity index (χ3v) is 9.41. The number of aromatic nitrogens is 4. The van der Waals surface area contributed by atoms with E-state index in [4.69, 9.17) is 35.8 Å². The molecule has 0 amide bonds. The molecular formula is C21H30N5O4PS. The van der Waals surface area contributed by atoms with Gasteiger partial charge in [0.15, 0.2) is 11.5 Å². The molecule has 1 saturated carbocycles. The van der Waals surface area contributed by atoms with Crippen LogP contribution in [0.5, 0.6) is 0 Å². The molecule has 1 aliphatic carbocycles. The number of ether oxygens (including phenoxy) is 1. The first-order chi connectivity index (χ1) is 15.2. The van der Waals surface area contributed by atoms with Gasteiger partial charge in [-0.2, -0.15) is 0 Å². The molecule has 3 fully saturated rings. The van der Waals surface area contributed by atoms with Crippen molar-refractivity contribution in [1.29, 1.82) is 0 Å². The maximum absolute atomic E-state index is 6.42. The van der Waals surface area contributed by atoms with Crippen molar-refractivity contribution in [1.82, 2.24) is 19.5 Å². The van der Waals surface area contributed by atoms with Crippen LogP contribution in [0.15, 0.2) is 24.8 Å². The average molecular weight is 480 g/mol. The van der Waals surface area contributed by atoms with Gasteiger partial charge >= 0.3 is 6.72 Å². The fourth-order valence-electron chi connectivity index (χ4n) is 5.02. The molecule has 0 unspecified atom stereocenters. The van der Waals surface area contributed by atoms with Crippen molar-refractivity contribution < 1.29 is 18.3 Å². The van der Waals surface area contributed by atoms with Crippen molar-refractivity contribution in [3.05, 3.63) is 24.8 Å². The molecule has 7 atom stereocenters. The van der Waals surface area contributed by atoms with Crippen molar-refractivity contribution in [3.8, 4) is 0 Å². The Hall–Kier alpha value is -1.42. The number of hydrogen-bond acceptors (Lipinski definition) is 9. The topological polar surface area (TPSA) is 107 Å². The van der Waals surface area contributed by atoms with Gasteiger partial charge in [0.05, 0.1) is 24.6 Å². The summed E-state index contributed by atoms with van der Waals surface area (Å²) in [6.07, 6.45) is 6.54. The van der Waals surface area contributed by atoms with Gasteiger partial charge in [-0.1, -0.05) is 19.1 Å². The lowest BCUT2D eigenvalue weighted by Gasteiger charge is -2.36. The number of nitrogens with two attached hydrogens (primary N) is 1. The van der Waals surface area contributed by atoms with Crippen LogP contribution in [0.25, 0.3) is 11.2 Å². The van der Waals surface area contributed by atoms with E-state index in [1.165, 1.54) is 11.9 Å². The summed E-state index contributed by atoms with van der Waals surface area (Å²) in [7, 11) is 0. The zero-order chi connectivity index (χ0) is 22.7. The second-order valence-corrected chi connectivity index (χ2v) is 12.1. The Bertz CT molecular complexity index is 1100. The summed E-state index contributed by atoms with van der Waals surface area (Å²) in [5.41, 5.74) is 7.91. The van der Waals surface area contributed by atoms with E-state index in [9.17, 15) is 0 Å². The second-order valence-electron chi connectivity index (χ2n) is 9.26. The standard InChI is InChI=1S/C21H30N5O4PS/c1-5-14-15(9-17(27-14)26-11-25-18-19(22)23-10-24-20(18)26)28-31(32)29-16-8-13(12(2)3)6-7-21(16,4)30-31/h10-11,13-17H,2,5-9H2,1,3-4H3,(H2,22,23,24)/t13-,14-,15+,16+,17-,21+,31+/m1/s1. The second kappa shape index (κ2) is 8.11. The van der Waals surface area contributed by atoms with Gasteiger partial charge in [-0.3, -0.25) is 9.09 Å². The van der Waals surface area contributed by atoms with Gasteiger partial charge in [0.25, 0.3) is 0 Å². The molecule has 5 rings (SSSR count). The lowest BCUT2D eigenvalue weighted by atomic mass is 9.75. The molecule has 32 heavy (non-hydrogen) atoms. The minimum absolute atomic E-state index is 0.0701. The first-order valence-electron chi connectivity index (χ1n) is 11.1. The zero-order valence-electron chi connectivity index (χ0n) is 18.6. The molecule has 2 N–H and O–H groups in total. The van der Waals surface area contributed by atoms with Gasteiger partial charge in [-0.15, -0.1) is 0 Å². The molecule has 4 heterocycles. The van der Waals surface area contributed by atoms with Crippen molar-refractivity contribution in [2.45, 2.75) is 83.0 Å². The number of fused-ring (bicyclic) bond motifs is 2. The smallest absolute Gasteiger partial charge is 0.328 e. The van der Waals surface area contributed by atoms with Crippen LogP contribution < -0.4 is 5.73 Å². The van der Waals surface area contributed by atoms with Crippen LogP contribution in [0.2, 0.25) is 0 Å². The van der Waals surface area contributed by atoms with E-state index in [1.807, 2.05) is 4.57 Å². The van der Waals surface area contributed by atoms with Crippen LogP contribution in [0.3, 0.4) is 0 Å². The van der Waals surface area contributed by atoms with E-state index in [0.29, 0.717) is 29.3 Å². The van der Waals surface area contributed by atoms with Gasteiger partial charge < -0.3 is 19.5 Å². The maximum atomic E-state index is 6.42. The molecule has 0 radical (unpaired) electrons. The minimum Gasteiger partial charge on any atom is -0.382 e. The summed E-state index contributed by atoms with van der Waals surface area (Å²) in [5.74, 6) is 0.781. The molecule has 0 aromatic carbocycles. The molecule has 2 aliphatic heterocycles. The van der Waals surface area contributed by atoms with Gasteiger partial charge in [0.2, 0.25) is 0 Å². The van der Waals surface area contributed by atoms with Gasteiger partial charge in [0.1, 0.15) is 23.7 Å². The van der Waals surface area contributed by atoms with Crippen LogP contribution >= 0.6 is 6.72 Å². The first-order valence-corrected chi connectivity index (χ1v) is 13.7. The number of nitrogens with zero attached hydrogens (tertiary/aromatic N) is 4. The zero-order valence-corrected chi connectivity index (χ0v) is 20.3. The molecule has 11 heteroatoms. The fourth-order valence-corrected chi connectivity index (χ4v) is 8.21. The van der Waals surface area contributed by atoms with Crippen molar-refractivity contribution in [3.63, 3.8) is 0 Å². The summed E-state index contributed by atoms with van der Waals surface area (Å²) < 4.78 is 27.3. The van der Waals surface area contributed by atoms with Gasteiger partial charge in [-0.25, -0.2) is 15.0 Å². The Kier molecular flexibility index (Phi) is 5.67. The Labute approximate surface area is 192 Å². The van der Waals surface area contributed by atoms with E-state index >= 15 is 0 Å². The summed E-state index contributed by atoms with van der Waals surface area (Å²) >= 11 is 5.84. The fraction of sp³-hybridized carbons (Fsp3) is 0.667. The van der Waals surface area contributed by atoms with E-state index in [1.54, 1.807) is 6.33 Å². The van der Waals surface area contributed by atoms with E-state index < -0.39 is 12.3 Å². The normalized spacial score (nSPS) is 39.4. The summed E-state index contributed by atoms with van der Waals surface area (Å²) in [4.78, 5) is 12.7. The number of imidazole rings is 1. The van der Waals surface area contributed by atoms with Crippen LogP contribution in [-0.4, -0.2) is 43.4 Å². The van der Waals surface area contributed by atoms with Gasteiger partial charge in [-0.05, 0) is 57.3 Å². The molecule has 0 bridgehead atoms. The molecule has 3 aliphatic rings. The molecule has 2 saturated heterocycles. The predicted molar refractivity (Wildman–Crippen MR) is 124 cm³/mol. The highest BCUT2D eigenvalue weighted by molar-refractivity contribution is 8.07. The minimum atomic E-state index is -2.90. The van der Waals surface area contributed by atoms with Crippen molar-refractivity contribution in [2.24, 2.45) is 5.92 Å². The monoisotopic (exact) mass is 479 g/mol. The SMILES string of the molecule is C=C(C)[C@@H]1CC[C@]2(C)O[P@](=S)(O[C@H]3C[C@H](n4cnc5c(N)ncnc54)O[C@@H]3CC)O[C@H]2C1. The van der Waals surface area contributed by atoms with Crippen LogP contribution in [0.4, 0.5) is 5.82 Å². The quantitative estimate of drug-likeness (QED) is 0.497.